The highest BCUT2D eigenvalue weighted by Crippen LogP contribution is 2.43. The Bertz CT molecular complexity index is 945. The lowest BCUT2D eigenvalue weighted by Crippen LogP contribution is -2.51. The number of pyridine rings is 1. The molecule has 0 atom stereocenters. The molecule has 1 aliphatic carbocycles. The maximum Gasteiger partial charge on any atom is 0.348 e. The molecule has 27 heavy (non-hydrogen) atoms. The highest BCUT2D eigenvalue weighted by atomic mass is 32.1. The third kappa shape index (κ3) is 3.45. The van der Waals surface area contributed by atoms with Crippen LogP contribution >= 0.6 is 11.3 Å². The Balaban J connectivity index is 1.90. The van der Waals surface area contributed by atoms with Crippen LogP contribution in [0.25, 0.3) is 10.9 Å². The second kappa shape index (κ2) is 6.67. The predicted octanol–water partition coefficient (Wildman–Crippen LogP) is 2.91. The number of fused-ring (bicyclic) bond motifs is 1. The van der Waals surface area contributed by atoms with Crippen LogP contribution in [0.4, 0.5) is 0 Å². The van der Waals surface area contributed by atoms with E-state index in [-0.39, 0.29) is 5.41 Å². The number of rotatable bonds is 3. The fourth-order valence-electron chi connectivity index (χ4n) is 3.77. The van der Waals surface area contributed by atoms with E-state index in [9.17, 15) is 19.5 Å². The predicted molar refractivity (Wildman–Crippen MR) is 103 cm³/mol. The Morgan fingerprint density at radius 3 is 2.48 bits per heavy atom. The molecule has 0 aliphatic heterocycles. The number of thiophene rings is 1. The number of nitrogens with two attached hydrogens (primary N) is 1. The van der Waals surface area contributed by atoms with Crippen molar-refractivity contribution in [3.63, 3.8) is 0 Å². The monoisotopic (exact) mass is 392 g/mol. The molecular formula is C19H24N2O5S. The van der Waals surface area contributed by atoms with Gasteiger partial charge in [0.2, 0.25) is 0 Å². The minimum Gasteiger partial charge on any atom is -0.506 e. The molecule has 1 saturated carbocycles. The van der Waals surface area contributed by atoms with Gasteiger partial charge in [0.05, 0.1) is 10.9 Å². The summed E-state index contributed by atoms with van der Waals surface area (Å²) >= 11 is 1.28. The van der Waals surface area contributed by atoms with E-state index < -0.39 is 34.3 Å². The number of H-pyrrole nitrogens is 1. The third-order valence-electron chi connectivity index (χ3n) is 5.59. The minimum atomic E-state index is -1.46. The summed E-state index contributed by atoms with van der Waals surface area (Å²) in [6.07, 6.45) is 1.97. The maximum absolute atomic E-state index is 12.7. The number of amides is 1. The topological polar surface area (TPSA) is 122 Å². The van der Waals surface area contributed by atoms with E-state index in [0.29, 0.717) is 42.5 Å². The Kier molecular flexibility index (Phi) is 4.80. The van der Waals surface area contributed by atoms with E-state index in [0.717, 1.165) is 0 Å². The Morgan fingerprint density at radius 1 is 1.30 bits per heavy atom. The number of aromatic hydroxyl groups is 1. The molecule has 146 valence electrons. The zero-order chi connectivity index (χ0) is 20.0. The van der Waals surface area contributed by atoms with Gasteiger partial charge >= 0.3 is 5.97 Å². The van der Waals surface area contributed by atoms with Gasteiger partial charge in [-0.15, -0.1) is 11.3 Å². The number of ether oxygens (including phenoxy) is 1. The van der Waals surface area contributed by atoms with Gasteiger partial charge in [-0.1, -0.05) is 20.8 Å². The SMILES string of the molecule is CC(C)(C)C1CCC(OC(=O)c2c(O)c3cscc3[nH]c2=O)(C(N)=O)CC1. The van der Waals surface area contributed by atoms with Crippen molar-refractivity contribution < 1.29 is 19.4 Å². The van der Waals surface area contributed by atoms with E-state index >= 15 is 0 Å². The van der Waals surface area contributed by atoms with Gasteiger partial charge in [-0.2, -0.15) is 0 Å². The molecule has 0 saturated heterocycles. The van der Waals surface area contributed by atoms with Crippen LogP contribution in [0.3, 0.4) is 0 Å². The molecule has 0 bridgehead atoms. The number of aromatic amines is 1. The summed E-state index contributed by atoms with van der Waals surface area (Å²) < 4.78 is 5.48. The lowest BCUT2D eigenvalue weighted by molar-refractivity contribution is -0.143. The van der Waals surface area contributed by atoms with Crippen molar-refractivity contribution in [2.24, 2.45) is 17.1 Å². The van der Waals surface area contributed by atoms with Crippen LogP contribution in [0, 0.1) is 11.3 Å². The van der Waals surface area contributed by atoms with Crippen LogP contribution in [0.5, 0.6) is 5.75 Å². The standard InChI is InChI=1S/C19H24N2O5S/c1-18(2,3)10-4-6-19(7-5-10,17(20)25)26-16(24)13-14(22)11-8-27-9-12(11)21-15(13)23/h8-10,22H,4-7H2,1-3H3,(H2,20,25)(H,21,23). The quantitative estimate of drug-likeness (QED) is 0.693. The average Bonchev–Trinajstić information content (AvgIpc) is 3.02. The van der Waals surface area contributed by atoms with Crippen molar-refractivity contribution in [3.8, 4) is 5.75 Å². The summed E-state index contributed by atoms with van der Waals surface area (Å²) in [6, 6.07) is 0. The van der Waals surface area contributed by atoms with E-state index in [1.54, 1.807) is 10.8 Å². The Labute approximate surface area is 160 Å². The molecule has 0 aromatic carbocycles. The average molecular weight is 392 g/mol. The van der Waals surface area contributed by atoms with E-state index in [2.05, 4.69) is 25.8 Å². The van der Waals surface area contributed by atoms with E-state index in [1.165, 1.54) is 11.3 Å². The first-order valence-electron chi connectivity index (χ1n) is 8.89. The lowest BCUT2D eigenvalue weighted by Gasteiger charge is -2.41. The molecule has 0 radical (unpaired) electrons. The highest BCUT2D eigenvalue weighted by Gasteiger charge is 2.46. The molecule has 1 aliphatic rings. The number of primary amides is 1. The van der Waals surface area contributed by atoms with Crippen LogP contribution in [0.2, 0.25) is 0 Å². The number of aromatic nitrogens is 1. The molecule has 0 spiro atoms. The van der Waals surface area contributed by atoms with Gasteiger partial charge in [-0.05, 0) is 37.0 Å². The molecule has 1 fully saturated rings. The normalized spacial score (nSPS) is 23.3. The van der Waals surface area contributed by atoms with Crippen LogP contribution < -0.4 is 11.3 Å². The molecular weight excluding hydrogens is 368 g/mol. The summed E-state index contributed by atoms with van der Waals surface area (Å²) in [5.74, 6) is -1.82. The summed E-state index contributed by atoms with van der Waals surface area (Å²) in [6.45, 7) is 6.40. The molecule has 7 nitrogen and oxygen atoms in total. The molecule has 2 aromatic rings. The first-order chi connectivity index (χ1) is 12.5. The van der Waals surface area contributed by atoms with Crippen molar-refractivity contribution in [1.82, 2.24) is 4.98 Å². The molecule has 2 aromatic heterocycles. The second-order valence-corrected chi connectivity index (χ2v) is 9.01. The number of carbonyl (C=O) groups is 2. The zero-order valence-electron chi connectivity index (χ0n) is 15.6. The van der Waals surface area contributed by atoms with Crippen molar-refractivity contribution in [2.45, 2.75) is 52.1 Å². The summed E-state index contributed by atoms with van der Waals surface area (Å²) in [5, 5.41) is 14.0. The number of carbonyl (C=O) groups excluding carboxylic acids is 2. The largest absolute Gasteiger partial charge is 0.506 e. The zero-order valence-corrected chi connectivity index (χ0v) is 16.4. The number of esters is 1. The van der Waals surface area contributed by atoms with Crippen LogP contribution in [0.1, 0.15) is 56.8 Å². The van der Waals surface area contributed by atoms with Crippen molar-refractivity contribution in [1.29, 1.82) is 0 Å². The number of hydrogen-bond acceptors (Lipinski definition) is 6. The lowest BCUT2D eigenvalue weighted by atomic mass is 9.68. The van der Waals surface area contributed by atoms with E-state index in [1.807, 2.05) is 0 Å². The number of nitrogens with one attached hydrogen (secondary N) is 1. The molecule has 2 heterocycles. The smallest absolute Gasteiger partial charge is 0.348 e. The minimum absolute atomic E-state index is 0.0766. The molecule has 4 N–H and O–H groups in total. The molecule has 0 unspecified atom stereocenters. The molecule has 8 heteroatoms. The maximum atomic E-state index is 12.7. The molecule has 3 rings (SSSR count). The first-order valence-corrected chi connectivity index (χ1v) is 9.84. The van der Waals surface area contributed by atoms with Gasteiger partial charge in [0.25, 0.3) is 11.5 Å². The van der Waals surface area contributed by atoms with Crippen molar-refractivity contribution in [2.75, 3.05) is 0 Å². The van der Waals surface area contributed by atoms with Gasteiger partial charge in [0, 0.05) is 10.8 Å². The summed E-state index contributed by atoms with van der Waals surface area (Å²) in [5.41, 5.74) is 3.37. The fourth-order valence-corrected chi connectivity index (χ4v) is 4.54. The van der Waals surface area contributed by atoms with Gasteiger partial charge in [-0.3, -0.25) is 9.59 Å². The second-order valence-electron chi connectivity index (χ2n) is 8.27. The summed E-state index contributed by atoms with van der Waals surface area (Å²) in [4.78, 5) is 39.6. The first kappa shape index (κ1) is 19.4. The Hall–Kier alpha value is -2.35. The number of hydrogen-bond donors (Lipinski definition) is 3. The molecule has 1 amide bonds. The van der Waals surface area contributed by atoms with Crippen LogP contribution in [0.15, 0.2) is 15.6 Å². The van der Waals surface area contributed by atoms with Gasteiger partial charge in [-0.25, -0.2) is 4.79 Å². The van der Waals surface area contributed by atoms with Gasteiger partial charge in [0.15, 0.2) is 11.2 Å². The van der Waals surface area contributed by atoms with Crippen molar-refractivity contribution >= 4 is 34.1 Å². The van der Waals surface area contributed by atoms with Gasteiger partial charge in [0.1, 0.15) is 5.75 Å². The Morgan fingerprint density at radius 2 is 1.93 bits per heavy atom. The third-order valence-corrected chi connectivity index (χ3v) is 6.33. The summed E-state index contributed by atoms with van der Waals surface area (Å²) in [7, 11) is 0. The van der Waals surface area contributed by atoms with Gasteiger partial charge < -0.3 is 20.6 Å². The highest BCUT2D eigenvalue weighted by molar-refractivity contribution is 7.09. The fraction of sp³-hybridized carbons (Fsp3) is 0.526. The van der Waals surface area contributed by atoms with E-state index in [4.69, 9.17) is 10.5 Å². The van der Waals surface area contributed by atoms with Crippen molar-refractivity contribution in [3.05, 3.63) is 26.7 Å². The van der Waals surface area contributed by atoms with Crippen LogP contribution in [-0.4, -0.2) is 27.6 Å². The van der Waals surface area contributed by atoms with Crippen LogP contribution in [-0.2, 0) is 9.53 Å².